The van der Waals surface area contributed by atoms with Gasteiger partial charge in [0.25, 0.3) is 11.4 Å². The number of nitrogens with zero attached hydrogens (tertiary/aromatic N) is 6. The van der Waals surface area contributed by atoms with Crippen LogP contribution in [0.4, 0.5) is 11.4 Å². The number of hydrogen-bond donors (Lipinski definition) is 1. The average molecular weight is 421 g/mol. The fourth-order valence-electron chi connectivity index (χ4n) is 3.43. The van der Waals surface area contributed by atoms with Crippen molar-refractivity contribution in [1.82, 2.24) is 13.9 Å². The Bertz CT molecular complexity index is 1430. The van der Waals surface area contributed by atoms with E-state index < -0.39 is 27.3 Å². The maximum Gasteiger partial charge on any atom is 0.358 e. The zero-order chi connectivity index (χ0) is 22.4. The Kier molecular flexibility index (Phi) is 4.25. The van der Waals surface area contributed by atoms with Crippen LogP contribution in [0.2, 0.25) is 0 Å². The number of nitro benzene ring substituents is 2. The van der Waals surface area contributed by atoms with E-state index in [4.69, 9.17) is 5.73 Å². The summed E-state index contributed by atoms with van der Waals surface area (Å²) in [7, 11) is 0. The predicted octanol–water partition coefficient (Wildman–Crippen LogP) is 0.871. The van der Waals surface area contributed by atoms with E-state index in [0.29, 0.717) is 5.56 Å². The number of nitriles is 1. The number of benzene rings is 2. The summed E-state index contributed by atoms with van der Waals surface area (Å²) in [4.78, 5) is 46.6. The van der Waals surface area contributed by atoms with Crippen LogP contribution >= 0.6 is 0 Å². The highest BCUT2D eigenvalue weighted by molar-refractivity contribution is 5.60. The zero-order valence-corrected chi connectivity index (χ0v) is 15.4. The second-order valence-electron chi connectivity index (χ2n) is 6.49. The lowest BCUT2D eigenvalue weighted by molar-refractivity contribution is -0.385. The molecule has 13 heteroatoms. The van der Waals surface area contributed by atoms with Gasteiger partial charge in [-0.15, -0.1) is 0 Å². The molecule has 0 radical (unpaired) electrons. The smallest absolute Gasteiger partial charge is 0.358 e. The summed E-state index contributed by atoms with van der Waals surface area (Å²) in [6.07, 6.45) is 0. The molecule has 0 fully saturated rings. The van der Waals surface area contributed by atoms with E-state index >= 15 is 0 Å². The SMILES string of the molecule is N#CC1=C(N)n2c(=O)n(-c3ccc([N+](=O)[O-])cc3)c(=O)n2C1c1ccc([N+](=O)[O-])cc1. The number of rotatable bonds is 4. The molecule has 0 aliphatic carbocycles. The largest absolute Gasteiger partial charge is 0.383 e. The number of nitrogens with two attached hydrogens (primary N) is 1. The van der Waals surface area contributed by atoms with E-state index in [1.54, 1.807) is 0 Å². The maximum absolute atomic E-state index is 13.1. The van der Waals surface area contributed by atoms with Gasteiger partial charge in [-0.3, -0.25) is 20.2 Å². The minimum absolute atomic E-state index is 0.0705. The van der Waals surface area contributed by atoms with Crippen LogP contribution < -0.4 is 17.1 Å². The van der Waals surface area contributed by atoms with Crippen LogP contribution in [0.15, 0.2) is 63.7 Å². The molecule has 2 aromatic carbocycles. The van der Waals surface area contributed by atoms with Crippen molar-refractivity contribution >= 4 is 17.2 Å². The van der Waals surface area contributed by atoms with Gasteiger partial charge in [0.15, 0.2) is 0 Å². The fraction of sp³-hybridized carbons (Fsp3) is 0.0556. The van der Waals surface area contributed by atoms with Crippen molar-refractivity contribution in [2.75, 3.05) is 0 Å². The molecular formula is C18H11N7O6. The number of non-ortho nitro benzene ring substituents is 2. The lowest BCUT2D eigenvalue weighted by Crippen LogP contribution is -2.30. The Morgan fingerprint density at radius 3 is 1.90 bits per heavy atom. The second kappa shape index (κ2) is 6.81. The van der Waals surface area contributed by atoms with E-state index in [0.717, 1.165) is 26.1 Å². The topological polar surface area (TPSA) is 185 Å². The first kappa shape index (κ1) is 19.3. The molecule has 3 aromatic rings. The summed E-state index contributed by atoms with van der Waals surface area (Å²) in [5.41, 5.74) is 4.20. The molecule has 0 amide bonds. The fourth-order valence-corrected chi connectivity index (χ4v) is 3.43. The Morgan fingerprint density at radius 1 is 0.903 bits per heavy atom. The summed E-state index contributed by atoms with van der Waals surface area (Å²) < 4.78 is 2.58. The van der Waals surface area contributed by atoms with Crippen molar-refractivity contribution in [3.05, 3.63) is 101 Å². The predicted molar refractivity (Wildman–Crippen MR) is 105 cm³/mol. The standard InChI is InChI=1S/C18H11N7O6/c19-9-14-15(10-1-3-12(4-2-10)24(28)29)22-17(26)21(18(27)23(22)16(14)20)11-5-7-13(8-6-11)25(30)31/h1-8,15H,20H2. The Hall–Kier alpha value is -4.99. The third-order valence-electron chi connectivity index (χ3n) is 4.86. The van der Waals surface area contributed by atoms with Crippen molar-refractivity contribution in [3.63, 3.8) is 0 Å². The van der Waals surface area contributed by atoms with Gasteiger partial charge < -0.3 is 5.73 Å². The Balaban J connectivity index is 1.92. The molecule has 1 aliphatic rings. The molecule has 31 heavy (non-hydrogen) atoms. The van der Waals surface area contributed by atoms with Crippen molar-refractivity contribution in [3.8, 4) is 11.8 Å². The molecule has 1 unspecified atom stereocenters. The van der Waals surface area contributed by atoms with Gasteiger partial charge in [-0.2, -0.15) is 9.94 Å². The molecule has 1 aliphatic heterocycles. The highest BCUT2D eigenvalue weighted by Crippen LogP contribution is 2.32. The van der Waals surface area contributed by atoms with Gasteiger partial charge in [-0.05, 0) is 29.8 Å². The van der Waals surface area contributed by atoms with Gasteiger partial charge in [0, 0.05) is 24.3 Å². The molecule has 2 N–H and O–H groups in total. The lowest BCUT2D eigenvalue weighted by Gasteiger charge is -2.12. The second-order valence-corrected chi connectivity index (χ2v) is 6.49. The summed E-state index contributed by atoms with van der Waals surface area (Å²) in [6, 6.07) is 10.7. The van der Waals surface area contributed by atoms with Crippen LogP contribution in [0.5, 0.6) is 0 Å². The molecule has 4 rings (SSSR count). The number of nitro groups is 2. The molecule has 1 aromatic heterocycles. The van der Waals surface area contributed by atoms with Gasteiger partial charge in [-0.25, -0.2) is 18.8 Å². The zero-order valence-electron chi connectivity index (χ0n) is 15.4. The Morgan fingerprint density at radius 2 is 1.42 bits per heavy atom. The van der Waals surface area contributed by atoms with Crippen LogP contribution in [0, 0.1) is 31.6 Å². The van der Waals surface area contributed by atoms with Gasteiger partial charge in [0.1, 0.15) is 23.5 Å². The van der Waals surface area contributed by atoms with Crippen LogP contribution in [-0.4, -0.2) is 23.8 Å². The summed E-state index contributed by atoms with van der Waals surface area (Å²) in [6.45, 7) is 0. The van der Waals surface area contributed by atoms with E-state index in [1.807, 2.05) is 6.07 Å². The molecular weight excluding hydrogens is 410 g/mol. The van der Waals surface area contributed by atoms with Crippen LogP contribution in [0.25, 0.3) is 11.5 Å². The van der Waals surface area contributed by atoms with Crippen molar-refractivity contribution in [2.24, 2.45) is 5.73 Å². The maximum atomic E-state index is 13.1. The molecule has 0 saturated carbocycles. The first-order chi connectivity index (χ1) is 14.8. The van der Waals surface area contributed by atoms with Crippen molar-refractivity contribution < 1.29 is 9.85 Å². The summed E-state index contributed by atoms with van der Waals surface area (Å²) in [5, 5.41) is 31.3. The monoisotopic (exact) mass is 421 g/mol. The molecule has 154 valence electrons. The van der Waals surface area contributed by atoms with Gasteiger partial charge in [-0.1, -0.05) is 0 Å². The minimum atomic E-state index is -1.08. The molecule has 0 saturated heterocycles. The number of allylic oxidation sites excluding steroid dienone is 1. The molecule has 0 bridgehead atoms. The highest BCUT2D eigenvalue weighted by Gasteiger charge is 2.37. The normalized spacial score (nSPS) is 14.9. The van der Waals surface area contributed by atoms with E-state index in [-0.39, 0.29) is 28.5 Å². The number of hydrogen-bond acceptors (Lipinski definition) is 8. The van der Waals surface area contributed by atoms with Gasteiger partial charge in [0.05, 0.1) is 15.5 Å². The van der Waals surface area contributed by atoms with E-state index in [9.17, 15) is 35.1 Å². The van der Waals surface area contributed by atoms with E-state index in [2.05, 4.69) is 0 Å². The molecule has 1 atom stereocenters. The van der Waals surface area contributed by atoms with Crippen LogP contribution in [-0.2, 0) is 0 Å². The van der Waals surface area contributed by atoms with Crippen LogP contribution in [0.3, 0.4) is 0 Å². The number of fused-ring (bicyclic) bond motifs is 1. The van der Waals surface area contributed by atoms with E-state index in [1.165, 1.54) is 36.4 Å². The summed E-state index contributed by atoms with van der Waals surface area (Å²) in [5.74, 6) is -0.256. The van der Waals surface area contributed by atoms with Gasteiger partial charge >= 0.3 is 11.4 Å². The average Bonchev–Trinajstić information content (AvgIpc) is 3.19. The first-order valence-corrected chi connectivity index (χ1v) is 8.62. The van der Waals surface area contributed by atoms with Crippen molar-refractivity contribution in [1.29, 1.82) is 5.26 Å². The number of aromatic nitrogens is 3. The third-order valence-corrected chi connectivity index (χ3v) is 4.86. The molecule has 2 heterocycles. The first-order valence-electron chi connectivity index (χ1n) is 8.62. The van der Waals surface area contributed by atoms with Crippen molar-refractivity contribution in [2.45, 2.75) is 6.04 Å². The minimum Gasteiger partial charge on any atom is -0.383 e. The van der Waals surface area contributed by atoms with Gasteiger partial charge in [0.2, 0.25) is 0 Å². The highest BCUT2D eigenvalue weighted by atomic mass is 16.6. The molecule has 13 nitrogen and oxygen atoms in total. The van der Waals surface area contributed by atoms with Crippen LogP contribution in [0.1, 0.15) is 11.6 Å². The lowest BCUT2D eigenvalue weighted by atomic mass is 10.0. The summed E-state index contributed by atoms with van der Waals surface area (Å²) >= 11 is 0. The molecule has 0 spiro atoms. The third kappa shape index (κ3) is 2.78. The Labute approximate surface area is 171 Å². The quantitative estimate of drug-likeness (QED) is 0.475.